The van der Waals surface area contributed by atoms with Crippen LogP contribution in [-0.4, -0.2) is 56.5 Å². The van der Waals surface area contributed by atoms with E-state index in [-0.39, 0.29) is 24.6 Å². The van der Waals surface area contributed by atoms with Crippen molar-refractivity contribution in [3.8, 4) is 17.2 Å². The number of anilines is 1. The Bertz CT molecular complexity index is 1200. The molecule has 0 saturated carbocycles. The molecule has 0 aliphatic carbocycles. The summed E-state index contributed by atoms with van der Waals surface area (Å²) < 4.78 is 21.1. The number of benzene rings is 2. The van der Waals surface area contributed by atoms with Crippen molar-refractivity contribution in [2.75, 3.05) is 32.8 Å². The number of nitrogens with zero attached hydrogens (tertiary/aromatic N) is 2. The lowest BCUT2D eigenvalue weighted by Gasteiger charge is -2.27. The SMILES string of the molecule is COc1ccc(N2C(=O)CC(N(CCc3ccc(OC)c(OC)c3)C(=O)c3ccco3)C2=O)cc1. The number of rotatable bonds is 9. The Morgan fingerprint density at radius 1 is 1.00 bits per heavy atom. The fourth-order valence-corrected chi connectivity index (χ4v) is 4.09. The summed E-state index contributed by atoms with van der Waals surface area (Å²) in [6, 6.07) is 14.3. The van der Waals surface area contributed by atoms with E-state index >= 15 is 0 Å². The molecule has 0 radical (unpaired) electrons. The second-order valence-corrected chi connectivity index (χ2v) is 7.90. The van der Waals surface area contributed by atoms with Crippen LogP contribution in [-0.2, 0) is 16.0 Å². The van der Waals surface area contributed by atoms with E-state index < -0.39 is 17.9 Å². The largest absolute Gasteiger partial charge is 0.497 e. The molecule has 1 atom stereocenters. The number of methoxy groups -OCH3 is 3. The second-order valence-electron chi connectivity index (χ2n) is 7.90. The van der Waals surface area contributed by atoms with E-state index in [2.05, 4.69) is 0 Å². The van der Waals surface area contributed by atoms with Gasteiger partial charge in [0, 0.05) is 6.54 Å². The van der Waals surface area contributed by atoms with Gasteiger partial charge in [-0.05, 0) is 60.5 Å². The molecule has 2 heterocycles. The minimum absolute atomic E-state index is 0.0976. The van der Waals surface area contributed by atoms with Gasteiger partial charge in [-0.15, -0.1) is 0 Å². The summed E-state index contributed by atoms with van der Waals surface area (Å²) in [6.07, 6.45) is 1.70. The van der Waals surface area contributed by atoms with Gasteiger partial charge in [-0.1, -0.05) is 6.07 Å². The van der Waals surface area contributed by atoms with Crippen LogP contribution in [0.2, 0.25) is 0 Å². The van der Waals surface area contributed by atoms with Gasteiger partial charge in [0.1, 0.15) is 11.8 Å². The van der Waals surface area contributed by atoms with Crippen LogP contribution in [0.4, 0.5) is 5.69 Å². The molecule has 1 aliphatic heterocycles. The predicted molar refractivity (Wildman–Crippen MR) is 127 cm³/mol. The molecule has 4 rings (SSSR count). The molecule has 3 aromatic rings. The van der Waals surface area contributed by atoms with E-state index in [0.29, 0.717) is 29.4 Å². The summed E-state index contributed by atoms with van der Waals surface area (Å²) >= 11 is 0. The highest BCUT2D eigenvalue weighted by atomic mass is 16.5. The van der Waals surface area contributed by atoms with Crippen LogP contribution in [0.15, 0.2) is 65.3 Å². The van der Waals surface area contributed by atoms with Crippen molar-refractivity contribution >= 4 is 23.4 Å². The van der Waals surface area contributed by atoms with Crippen LogP contribution in [0.3, 0.4) is 0 Å². The van der Waals surface area contributed by atoms with Crippen molar-refractivity contribution in [2.45, 2.75) is 18.9 Å². The molecule has 2 aromatic carbocycles. The molecule has 0 spiro atoms. The summed E-state index contributed by atoms with van der Waals surface area (Å²) in [7, 11) is 4.64. The van der Waals surface area contributed by atoms with Crippen LogP contribution in [0.5, 0.6) is 17.2 Å². The quantitative estimate of drug-likeness (QED) is 0.435. The van der Waals surface area contributed by atoms with Gasteiger partial charge in [-0.25, -0.2) is 4.90 Å². The van der Waals surface area contributed by atoms with Crippen molar-refractivity contribution in [1.29, 1.82) is 0 Å². The van der Waals surface area contributed by atoms with Crippen LogP contribution < -0.4 is 19.1 Å². The molecular formula is C26H26N2O7. The Hall–Kier alpha value is -4.27. The molecular weight excluding hydrogens is 452 g/mol. The van der Waals surface area contributed by atoms with Crippen molar-refractivity contribution in [3.05, 3.63) is 72.2 Å². The third kappa shape index (κ3) is 4.84. The normalized spacial score (nSPS) is 15.3. The predicted octanol–water partition coefficient (Wildman–Crippen LogP) is 3.32. The summed E-state index contributed by atoms with van der Waals surface area (Å²) in [4.78, 5) is 42.1. The van der Waals surface area contributed by atoms with E-state index in [1.54, 1.807) is 50.6 Å². The molecule has 1 saturated heterocycles. The fourth-order valence-electron chi connectivity index (χ4n) is 4.09. The summed E-state index contributed by atoms with van der Waals surface area (Å²) in [5.74, 6) is 0.548. The van der Waals surface area contributed by atoms with Gasteiger partial charge in [-0.3, -0.25) is 14.4 Å². The van der Waals surface area contributed by atoms with Gasteiger partial charge < -0.3 is 23.5 Å². The average molecular weight is 479 g/mol. The lowest BCUT2D eigenvalue weighted by molar-refractivity contribution is -0.122. The zero-order valence-electron chi connectivity index (χ0n) is 19.7. The molecule has 9 nitrogen and oxygen atoms in total. The van der Waals surface area contributed by atoms with Crippen molar-refractivity contribution in [3.63, 3.8) is 0 Å². The second kappa shape index (κ2) is 10.3. The van der Waals surface area contributed by atoms with Crippen molar-refractivity contribution in [2.24, 2.45) is 0 Å². The van der Waals surface area contributed by atoms with E-state index in [0.717, 1.165) is 10.5 Å². The number of hydrogen-bond acceptors (Lipinski definition) is 7. The fraction of sp³-hybridized carbons (Fsp3) is 0.269. The highest BCUT2D eigenvalue weighted by Crippen LogP contribution is 2.30. The average Bonchev–Trinajstić information content (AvgIpc) is 3.52. The summed E-state index contributed by atoms with van der Waals surface area (Å²) in [5.41, 5.74) is 1.30. The van der Waals surface area contributed by atoms with E-state index in [1.165, 1.54) is 24.3 Å². The number of carbonyl (C=O) groups excluding carboxylic acids is 3. The van der Waals surface area contributed by atoms with Crippen LogP contribution in [0.1, 0.15) is 22.5 Å². The summed E-state index contributed by atoms with van der Waals surface area (Å²) in [5, 5.41) is 0. The lowest BCUT2D eigenvalue weighted by atomic mass is 10.1. The van der Waals surface area contributed by atoms with E-state index in [4.69, 9.17) is 18.6 Å². The molecule has 0 bridgehead atoms. The zero-order chi connectivity index (χ0) is 24.9. The van der Waals surface area contributed by atoms with Gasteiger partial charge in [0.25, 0.3) is 11.8 Å². The molecule has 1 aliphatic rings. The van der Waals surface area contributed by atoms with Crippen LogP contribution in [0.25, 0.3) is 0 Å². The first-order valence-corrected chi connectivity index (χ1v) is 11.0. The van der Waals surface area contributed by atoms with Gasteiger partial charge in [0.15, 0.2) is 17.3 Å². The smallest absolute Gasteiger partial charge is 0.290 e. The number of ether oxygens (including phenoxy) is 3. The number of hydrogen-bond donors (Lipinski definition) is 0. The molecule has 9 heteroatoms. The maximum atomic E-state index is 13.4. The van der Waals surface area contributed by atoms with Crippen molar-refractivity contribution in [1.82, 2.24) is 4.90 Å². The Morgan fingerprint density at radius 3 is 2.37 bits per heavy atom. The Morgan fingerprint density at radius 2 is 1.74 bits per heavy atom. The maximum Gasteiger partial charge on any atom is 0.290 e. The lowest BCUT2D eigenvalue weighted by Crippen LogP contribution is -2.46. The topological polar surface area (TPSA) is 98.5 Å². The van der Waals surface area contributed by atoms with Crippen molar-refractivity contribution < 1.29 is 33.0 Å². The Kier molecular flexibility index (Phi) is 7.05. The number of imide groups is 1. The van der Waals surface area contributed by atoms with Gasteiger partial charge in [0.05, 0.1) is 39.7 Å². The Balaban J connectivity index is 1.59. The Labute approximate surface area is 202 Å². The first kappa shape index (κ1) is 23.9. The van der Waals surface area contributed by atoms with Crippen LogP contribution in [0, 0.1) is 0 Å². The molecule has 35 heavy (non-hydrogen) atoms. The first-order chi connectivity index (χ1) is 17.0. The third-order valence-electron chi connectivity index (χ3n) is 5.91. The molecule has 0 N–H and O–H groups in total. The van der Waals surface area contributed by atoms with E-state index in [9.17, 15) is 14.4 Å². The van der Waals surface area contributed by atoms with Gasteiger partial charge in [0.2, 0.25) is 5.91 Å². The van der Waals surface area contributed by atoms with Crippen LogP contribution >= 0.6 is 0 Å². The number of amides is 3. The van der Waals surface area contributed by atoms with E-state index in [1.807, 2.05) is 12.1 Å². The number of carbonyl (C=O) groups is 3. The monoisotopic (exact) mass is 478 g/mol. The standard InChI is InChI=1S/C26H26N2O7/c1-32-19-9-7-18(8-10-19)28-24(29)16-20(25(28)30)27(26(31)22-5-4-14-35-22)13-12-17-6-11-21(33-2)23(15-17)34-3/h4-11,14-15,20H,12-13,16H2,1-3H3. The molecule has 1 unspecified atom stereocenters. The minimum atomic E-state index is -0.956. The summed E-state index contributed by atoms with van der Waals surface area (Å²) in [6.45, 7) is 0.190. The highest BCUT2D eigenvalue weighted by molar-refractivity contribution is 6.23. The maximum absolute atomic E-state index is 13.4. The molecule has 1 fully saturated rings. The first-order valence-electron chi connectivity index (χ1n) is 11.0. The highest BCUT2D eigenvalue weighted by Gasteiger charge is 2.44. The number of furan rings is 1. The molecule has 3 amide bonds. The minimum Gasteiger partial charge on any atom is -0.497 e. The van der Waals surface area contributed by atoms with Gasteiger partial charge in [-0.2, -0.15) is 0 Å². The van der Waals surface area contributed by atoms with Gasteiger partial charge >= 0.3 is 0 Å². The molecule has 1 aromatic heterocycles. The zero-order valence-corrected chi connectivity index (χ0v) is 19.7. The molecule has 182 valence electrons. The third-order valence-corrected chi connectivity index (χ3v) is 5.91.